The third kappa shape index (κ3) is 2.51. The predicted octanol–water partition coefficient (Wildman–Crippen LogP) is -0.625. The predicted molar refractivity (Wildman–Crippen MR) is 64.8 cm³/mol. The van der Waals surface area contributed by atoms with Gasteiger partial charge in [-0.15, -0.1) is 10.2 Å². The number of aromatic nitrogens is 3. The van der Waals surface area contributed by atoms with Crippen molar-refractivity contribution in [3.8, 4) is 0 Å². The van der Waals surface area contributed by atoms with Crippen LogP contribution in [0.3, 0.4) is 0 Å². The molecule has 100 valence electrons. The number of nitrogens with one attached hydrogen (secondary N) is 1. The van der Waals surface area contributed by atoms with E-state index in [4.69, 9.17) is 10.5 Å². The minimum atomic E-state index is -0.654. The summed E-state index contributed by atoms with van der Waals surface area (Å²) in [6.45, 7) is 3.01. The maximum absolute atomic E-state index is 11.8. The number of nitrogens with zero attached hydrogens (tertiary/aromatic N) is 3. The van der Waals surface area contributed by atoms with Crippen LogP contribution in [0.15, 0.2) is 0 Å². The number of methoxy groups -OCH3 is 1. The first kappa shape index (κ1) is 13.0. The molecule has 1 aromatic rings. The van der Waals surface area contributed by atoms with E-state index in [9.17, 15) is 4.79 Å². The van der Waals surface area contributed by atoms with Gasteiger partial charge in [0, 0.05) is 20.1 Å². The summed E-state index contributed by atoms with van der Waals surface area (Å²) >= 11 is 0. The first-order chi connectivity index (χ1) is 8.63. The molecule has 0 fully saturated rings. The molecular weight excluding hydrogens is 234 g/mol. The highest BCUT2D eigenvalue weighted by molar-refractivity contribution is 5.81. The molecule has 1 aliphatic rings. The van der Waals surface area contributed by atoms with E-state index in [-0.39, 0.29) is 18.6 Å². The molecule has 1 amide bonds. The van der Waals surface area contributed by atoms with Gasteiger partial charge in [-0.05, 0) is 13.3 Å². The summed E-state index contributed by atoms with van der Waals surface area (Å²) in [6.07, 6.45) is 2.04. The average molecular weight is 253 g/mol. The van der Waals surface area contributed by atoms with Crippen molar-refractivity contribution in [1.82, 2.24) is 20.1 Å². The molecule has 0 aliphatic carbocycles. The third-order valence-corrected chi connectivity index (χ3v) is 3.07. The van der Waals surface area contributed by atoms with Gasteiger partial charge >= 0.3 is 0 Å². The second kappa shape index (κ2) is 5.45. The smallest absolute Gasteiger partial charge is 0.239 e. The molecule has 18 heavy (non-hydrogen) atoms. The number of hydrogen-bond acceptors (Lipinski definition) is 5. The topological polar surface area (TPSA) is 95.1 Å². The summed E-state index contributed by atoms with van der Waals surface area (Å²) in [7, 11) is 1.52. The number of amides is 1. The van der Waals surface area contributed by atoms with Gasteiger partial charge < -0.3 is 20.4 Å². The fourth-order valence-corrected chi connectivity index (χ4v) is 2.13. The van der Waals surface area contributed by atoms with Crippen LogP contribution in [0.5, 0.6) is 0 Å². The highest BCUT2D eigenvalue weighted by Gasteiger charge is 2.23. The van der Waals surface area contributed by atoms with Gasteiger partial charge in [0.2, 0.25) is 5.91 Å². The van der Waals surface area contributed by atoms with Crippen molar-refractivity contribution in [1.29, 1.82) is 0 Å². The number of nitrogens with two attached hydrogens (primary N) is 1. The summed E-state index contributed by atoms with van der Waals surface area (Å²) < 4.78 is 6.91. The van der Waals surface area contributed by atoms with E-state index >= 15 is 0 Å². The number of hydrogen-bond donors (Lipinski definition) is 2. The Balaban J connectivity index is 1.99. The van der Waals surface area contributed by atoms with Gasteiger partial charge in [-0.3, -0.25) is 4.79 Å². The first-order valence-electron chi connectivity index (χ1n) is 6.10. The second-order valence-corrected chi connectivity index (χ2v) is 4.52. The van der Waals surface area contributed by atoms with Crippen LogP contribution in [0.25, 0.3) is 0 Å². The Bertz CT molecular complexity index is 431. The fraction of sp³-hybridized carbons (Fsp3) is 0.727. The molecule has 0 bridgehead atoms. The molecule has 2 heterocycles. The van der Waals surface area contributed by atoms with E-state index in [1.54, 1.807) is 0 Å². The molecule has 2 unspecified atom stereocenters. The van der Waals surface area contributed by atoms with Gasteiger partial charge in [0.1, 0.15) is 11.9 Å². The van der Waals surface area contributed by atoms with Crippen LogP contribution >= 0.6 is 0 Å². The van der Waals surface area contributed by atoms with Crippen LogP contribution in [0.1, 0.15) is 31.0 Å². The molecule has 3 N–H and O–H groups in total. The molecule has 0 radical (unpaired) electrons. The summed E-state index contributed by atoms with van der Waals surface area (Å²) in [5.74, 6) is 1.55. The molecule has 2 atom stereocenters. The Morgan fingerprint density at radius 1 is 1.61 bits per heavy atom. The molecule has 0 aromatic carbocycles. The van der Waals surface area contributed by atoms with E-state index in [1.807, 2.05) is 6.92 Å². The lowest BCUT2D eigenvalue weighted by molar-refractivity contribution is -0.124. The van der Waals surface area contributed by atoms with Crippen molar-refractivity contribution in [2.75, 3.05) is 13.7 Å². The number of fused-ring (bicyclic) bond motifs is 1. The van der Waals surface area contributed by atoms with E-state index in [0.717, 1.165) is 31.0 Å². The average Bonchev–Trinajstić information content (AvgIpc) is 2.90. The SMILES string of the molecule is COCC(N)C(=O)NC(C)c1nnc2n1CCC2. The minimum Gasteiger partial charge on any atom is -0.383 e. The first-order valence-corrected chi connectivity index (χ1v) is 6.10. The monoisotopic (exact) mass is 253 g/mol. The zero-order valence-electron chi connectivity index (χ0n) is 10.7. The zero-order valence-corrected chi connectivity index (χ0v) is 10.7. The molecule has 1 aliphatic heterocycles. The number of carbonyl (C=O) groups is 1. The maximum atomic E-state index is 11.8. The second-order valence-electron chi connectivity index (χ2n) is 4.52. The Hall–Kier alpha value is -1.47. The van der Waals surface area contributed by atoms with E-state index < -0.39 is 6.04 Å². The zero-order chi connectivity index (χ0) is 13.1. The van der Waals surface area contributed by atoms with Crippen molar-refractivity contribution in [3.63, 3.8) is 0 Å². The van der Waals surface area contributed by atoms with Gasteiger partial charge in [-0.1, -0.05) is 0 Å². The molecule has 7 heteroatoms. The Morgan fingerprint density at radius 2 is 2.39 bits per heavy atom. The number of rotatable bonds is 5. The highest BCUT2D eigenvalue weighted by atomic mass is 16.5. The molecule has 1 aromatic heterocycles. The van der Waals surface area contributed by atoms with Crippen molar-refractivity contribution in [2.45, 2.75) is 38.4 Å². The molecule has 0 saturated heterocycles. The van der Waals surface area contributed by atoms with Crippen LogP contribution in [0.2, 0.25) is 0 Å². The number of carbonyl (C=O) groups excluding carboxylic acids is 1. The third-order valence-electron chi connectivity index (χ3n) is 3.07. The summed E-state index contributed by atoms with van der Waals surface area (Å²) in [4.78, 5) is 11.8. The van der Waals surface area contributed by atoms with Gasteiger partial charge in [0.15, 0.2) is 5.82 Å². The van der Waals surface area contributed by atoms with Crippen LogP contribution in [0, 0.1) is 0 Å². The lowest BCUT2D eigenvalue weighted by atomic mass is 10.2. The lowest BCUT2D eigenvalue weighted by Gasteiger charge is -2.16. The van der Waals surface area contributed by atoms with Crippen molar-refractivity contribution < 1.29 is 9.53 Å². The van der Waals surface area contributed by atoms with Gasteiger partial charge in [-0.2, -0.15) is 0 Å². The molecule has 0 spiro atoms. The largest absolute Gasteiger partial charge is 0.383 e. The minimum absolute atomic E-state index is 0.195. The number of ether oxygens (including phenoxy) is 1. The Kier molecular flexibility index (Phi) is 3.93. The summed E-state index contributed by atoms with van der Waals surface area (Å²) in [6, 6.07) is -0.849. The quantitative estimate of drug-likeness (QED) is 0.729. The molecular formula is C11H19N5O2. The molecule has 7 nitrogen and oxygen atoms in total. The van der Waals surface area contributed by atoms with E-state index in [0.29, 0.717) is 0 Å². The van der Waals surface area contributed by atoms with Crippen molar-refractivity contribution >= 4 is 5.91 Å². The fourth-order valence-electron chi connectivity index (χ4n) is 2.13. The Labute approximate surface area is 106 Å². The normalized spacial score (nSPS) is 17.3. The summed E-state index contributed by atoms with van der Waals surface area (Å²) in [5.41, 5.74) is 5.66. The molecule has 2 rings (SSSR count). The molecule has 0 saturated carbocycles. The van der Waals surface area contributed by atoms with Gasteiger partial charge in [-0.25, -0.2) is 0 Å². The van der Waals surface area contributed by atoms with Gasteiger partial charge in [0.05, 0.1) is 12.6 Å². The van der Waals surface area contributed by atoms with E-state index in [2.05, 4.69) is 20.1 Å². The van der Waals surface area contributed by atoms with Gasteiger partial charge in [0.25, 0.3) is 0 Å². The van der Waals surface area contributed by atoms with Crippen LogP contribution in [-0.4, -0.2) is 40.4 Å². The van der Waals surface area contributed by atoms with Crippen LogP contribution < -0.4 is 11.1 Å². The van der Waals surface area contributed by atoms with Crippen molar-refractivity contribution in [2.24, 2.45) is 5.73 Å². The van der Waals surface area contributed by atoms with Crippen molar-refractivity contribution in [3.05, 3.63) is 11.6 Å². The lowest BCUT2D eigenvalue weighted by Crippen LogP contribution is -2.44. The Morgan fingerprint density at radius 3 is 3.11 bits per heavy atom. The summed E-state index contributed by atoms with van der Waals surface area (Å²) in [5, 5.41) is 11.1. The standard InChI is InChI=1S/C11H19N5O2/c1-7(13-11(17)8(12)6-18-2)10-15-14-9-4-3-5-16(9)10/h7-8H,3-6,12H2,1-2H3,(H,13,17). The van der Waals surface area contributed by atoms with Crippen LogP contribution in [0.4, 0.5) is 0 Å². The van der Waals surface area contributed by atoms with E-state index in [1.165, 1.54) is 7.11 Å². The number of aryl methyl sites for hydroxylation is 1. The maximum Gasteiger partial charge on any atom is 0.239 e. The highest BCUT2D eigenvalue weighted by Crippen LogP contribution is 2.18. The van der Waals surface area contributed by atoms with Crippen LogP contribution in [-0.2, 0) is 22.5 Å².